The molecule has 2 amide bonds. The Balaban J connectivity index is 1.87. The van der Waals surface area contributed by atoms with Gasteiger partial charge in [0.1, 0.15) is 0 Å². The zero-order chi connectivity index (χ0) is 16.1. The van der Waals surface area contributed by atoms with Gasteiger partial charge in [0.2, 0.25) is 5.91 Å². The molecule has 1 aliphatic heterocycles. The van der Waals surface area contributed by atoms with Crippen molar-refractivity contribution >= 4 is 17.7 Å². The number of hydrogen-bond donors (Lipinski definition) is 1. The van der Waals surface area contributed by atoms with Crippen molar-refractivity contribution in [1.29, 1.82) is 0 Å². The van der Waals surface area contributed by atoms with Crippen LogP contribution in [0.15, 0.2) is 18.2 Å². The Morgan fingerprint density at radius 3 is 2.50 bits per heavy atom. The molecule has 0 atom stereocenters. The van der Waals surface area contributed by atoms with Crippen molar-refractivity contribution in [3.8, 4) is 0 Å². The normalized spacial score (nSPS) is 15.5. The van der Waals surface area contributed by atoms with Gasteiger partial charge in [-0.1, -0.05) is 6.07 Å². The van der Waals surface area contributed by atoms with E-state index in [0.717, 1.165) is 11.3 Å². The quantitative estimate of drug-likeness (QED) is 0.933. The van der Waals surface area contributed by atoms with Crippen molar-refractivity contribution in [3.05, 3.63) is 29.3 Å². The lowest BCUT2D eigenvalue weighted by Crippen LogP contribution is -2.41. The second-order valence-electron chi connectivity index (χ2n) is 5.75. The molecule has 1 aliphatic rings. The van der Waals surface area contributed by atoms with Gasteiger partial charge >= 0.3 is 6.09 Å². The van der Waals surface area contributed by atoms with Crippen LogP contribution in [-0.4, -0.2) is 36.6 Å². The van der Waals surface area contributed by atoms with E-state index in [2.05, 4.69) is 5.32 Å². The minimum atomic E-state index is -0.282. The summed E-state index contributed by atoms with van der Waals surface area (Å²) in [7, 11) is 0. The van der Waals surface area contributed by atoms with Crippen molar-refractivity contribution < 1.29 is 14.3 Å². The fourth-order valence-electron chi connectivity index (χ4n) is 2.60. The number of benzene rings is 1. The Bertz CT molecular complexity index is 549. The third-order valence-electron chi connectivity index (χ3n) is 4.17. The highest BCUT2D eigenvalue weighted by Gasteiger charge is 2.27. The van der Waals surface area contributed by atoms with Crippen LogP contribution >= 0.6 is 0 Å². The number of anilines is 1. The Labute approximate surface area is 131 Å². The van der Waals surface area contributed by atoms with E-state index < -0.39 is 0 Å². The van der Waals surface area contributed by atoms with Crippen LogP contribution in [0.2, 0.25) is 0 Å². The maximum Gasteiger partial charge on any atom is 0.409 e. The standard InChI is InChI=1S/C17H24N2O3/c1-4-22-17(21)19-9-7-14(8-10-19)16(20)18-15-6-5-12(2)13(3)11-15/h5-6,11,14H,4,7-10H2,1-3H3,(H,18,20). The summed E-state index contributed by atoms with van der Waals surface area (Å²) >= 11 is 0. The zero-order valence-corrected chi connectivity index (χ0v) is 13.5. The summed E-state index contributed by atoms with van der Waals surface area (Å²) in [6, 6.07) is 5.92. The molecule has 0 saturated carbocycles. The molecule has 1 aromatic rings. The predicted octanol–water partition coefficient (Wildman–Crippen LogP) is 3.11. The summed E-state index contributed by atoms with van der Waals surface area (Å²) in [6.45, 7) is 7.40. The number of carbonyl (C=O) groups excluding carboxylic acids is 2. The van der Waals surface area contributed by atoms with Gasteiger partial charge in [0.25, 0.3) is 0 Å². The lowest BCUT2D eigenvalue weighted by atomic mass is 9.96. The van der Waals surface area contributed by atoms with Crippen LogP contribution in [-0.2, 0) is 9.53 Å². The van der Waals surface area contributed by atoms with Gasteiger partial charge in [0, 0.05) is 24.7 Å². The fraction of sp³-hybridized carbons (Fsp3) is 0.529. The number of carbonyl (C=O) groups is 2. The monoisotopic (exact) mass is 304 g/mol. The van der Waals surface area contributed by atoms with Gasteiger partial charge in [-0.3, -0.25) is 4.79 Å². The highest BCUT2D eigenvalue weighted by Crippen LogP contribution is 2.21. The number of ether oxygens (including phenoxy) is 1. The molecule has 22 heavy (non-hydrogen) atoms. The molecule has 5 heteroatoms. The lowest BCUT2D eigenvalue weighted by Gasteiger charge is -2.30. The zero-order valence-electron chi connectivity index (χ0n) is 13.5. The van der Waals surface area contributed by atoms with E-state index in [4.69, 9.17) is 4.74 Å². The highest BCUT2D eigenvalue weighted by molar-refractivity contribution is 5.92. The third kappa shape index (κ3) is 4.00. The topological polar surface area (TPSA) is 58.6 Å². The Morgan fingerprint density at radius 1 is 1.23 bits per heavy atom. The van der Waals surface area contributed by atoms with E-state index in [1.54, 1.807) is 11.8 Å². The van der Waals surface area contributed by atoms with Crippen molar-refractivity contribution in [1.82, 2.24) is 4.90 Å². The summed E-state index contributed by atoms with van der Waals surface area (Å²) in [5.41, 5.74) is 3.21. The molecule has 1 heterocycles. The third-order valence-corrected chi connectivity index (χ3v) is 4.17. The highest BCUT2D eigenvalue weighted by atomic mass is 16.6. The van der Waals surface area contributed by atoms with Crippen LogP contribution < -0.4 is 5.32 Å². The summed E-state index contributed by atoms with van der Waals surface area (Å²) in [5, 5.41) is 2.98. The van der Waals surface area contributed by atoms with Crippen molar-refractivity contribution in [2.75, 3.05) is 25.0 Å². The van der Waals surface area contributed by atoms with Gasteiger partial charge in [0.05, 0.1) is 6.61 Å². The van der Waals surface area contributed by atoms with Crippen LogP contribution in [0.4, 0.5) is 10.5 Å². The second kappa shape index (κ2) is 7.29. The number of hydrogen-bond acceptors (Lipinski definition) is 3. The molecule has 2 rings (SSSR count). The molecule has 1 N–H and O–H groups in total. The second-order valence-corrected chi connectivity index (χ2v) is 5.75. The van der Waals surface area contributed by atoms with Crippen molar-refractivity contribution in [2.24, 2.45) is 5.92 Å². The molecule has 1 fully saturated rings. The number of piperidine rings is 1. The van der Waals surface area contributed by atoms with Gasteiger partial charge < -0.3 is 15.0 Å². The number of rotatable bonds is 3. The van der Waals surface area contributed by atoms with E-state index >= 15 is 0 Å². The molecule has 5 nitrogen and oxygen atoms in total. The van der Waals surface area contributed by atoms with E-state index in [9.17, 15) is 9.59 Å². The minimum absolute atomic E-state index is 0.0340. The van der Waals surface area contributed by atoms with Gasteiger partial charge in [-0.25, -0.2) is 4.79 Å². The Morgan fingerprint density at radius 2 is 1.91 bits per heavy atom. The SMILES string of the molecule is CCOC(=O)N1CCC(C(=O)Nc2ccc(C)c(C)c2)CC1. The molecule has 120 valence electrons. The van der Waals surface area contributed by atoms with Crippen LogP contribution in [0.25, 0.3) is 0 Å². The fourth-order valence-corrected chi connectivity index (χ4v) is 2.60. The molecular weight excluding hydrogens is 280 g/mol. The first-order valence-corrected chi connectivity index (χ1v) is 7.81. The van der Waals surface area contributed by atoms with Crippen LogP contribution in [0.3, 0.4) is 0 Å². The number of likely N-dealkylation sites (tertiary alicyclic amines) is 1. The molecule has 1 saturated heterocycles. The summed E-state index contributed by atoms with van der Waals surface area (Å²) in [6.07, 6.45) is 1.07. The molecule has 1 aromatic carbocycles. The van der Waals surface area contributed by atoms with Crippen molar-refractivity contribution in [3.63, 3.8) is 0 Å². The smallest absolute Gasteiger partial charge is 0.409 e. The maximum absolute atomic E-state index is 12.3. The molecule has 0 aromatic heterocycles. The van der Waals surface area contributed by atoms with Crippen LogP contribution in [0.1, 0.15) is 30.9 Å². The Hall–Kier alpha value is -2.04. The first-order chi connectivity index (χ1) is 10.5. The molecule has 0 unspecified atom stereocenters. The van der Waals surface area contributed by atoms with Gasteiger partial charge in [-0.15, -0.1) is 0 Å². The molecule has 0 radical (unpaired) electrons. The molecule has 0 aliphatic carbocycles. The van der Waals surface area contributed by atoms with Gasteiger partial charge in [-0.05, 0) is 56.9 Å². The number of amides is 2. The Kier molecular flexibility index (Phi) is 5.41. The first-order valence-electron chi connectivity index (χ1n) is 7.81. The van der Waals surface area contributed by atoms with E-state index in [1.807, 2.05) is 32.0 Å². The number of nitrogens with zero attached hydrogens (tertiary/aromatic N) is 1. The molecule has 0 bridgehead atoms. The van der Waals surface area contributed by atoms with E-state index in [-0.39, 0.29) is 17.9 Å². The van der Waals surface area contributed by atoms with Gasteiger partial charge in [-0.2, -0.15) is 0 Å². The molecule has 0 spiro atoms. The van der Waals surface area contributed by atoms with Crippen LogP contribution in [0.5, 0.6) is 0 Å². The number of aryl methyl sites for hydroxylation is 2. The largest absolute Gasteiger partial charge is 0.450 e. The lowest BCUT2D eigenvalue weighted by molar-refractivity contribution is -0.121. The van der Waals surface area contributed by atoms with Crippen molar-refractivity contribution in [2.45, 2.75) is 33.6 Å². The summed E-state index contributed by atoms with van der Waals surface area (Å²) in [4.78, 5) is 25.6. The molecular formula is C17H24N2O3. The minimum Gasteiger partial charge on any atom is -0.450 e. The summed E-state index contributed by atoms with van der Waals surface area (Å²) < 4.78 is 4.98. The number of nitrogens with one attached hydrogen (secondary N) is 1. The maximum atomic E-state index is 12.3. The predicted molar refractivity (Wildman–Crippen MR) is 85.9 cm³/mol. The van der Waals surface area contributed by atoms with Gasteiger partial charge in [0.15, 0.2) is 0 Å². The van der Waals surface area contributed by atoms with E-state index in [1.165, 1.54) is 5.56 Å². The van der Waals surface area contributed by atoms with E-state index in [0.29, 0.717) is 32.5 Å². The average Bonchev–Trinajstić information content (AvgIpc) is 2.51. The summed E-state index contributed by atoms with van der Waals surface area (Å²) in [5.74, 6) is -0.0148. The first kappa shape index (κ1) is 16.3. The van der Waals surface area contributed by atoms with Crippen LogP contribution in [0, 0.1) is 19.8 Å². The average molecular weight is 304 g/mol.